The van der Waals surface area contributed by atoms with Crippen LogP contribution in [0.4, 0.5) is 0 Å². The number of aliphatic carboxylic acids is 1. The Balaban J connectivity index is 0.00000180. The van der Waals surface area contributed by atoms with Crippen LogP contribution in [-0.4, -0.2) is 10.6 Å². The quantitative estimate of drug-likeness (QED) is 0.430. The van der Waals surface area contributed by atoms with Crippen LogP contribution in [0.2, 0.25) is 0 Å². The van der Waals surface area contributed by atoms with Gasteiger partial charge in [-0.2, -0.15) is 0 Å². The molecule has 0 atom stereocenters. The van der Waals surface area contributed by atoms with Gasteiger partial charge in [-0.1, -0.05) is 36.4 Å². The second-order valence-electron chi connectivity index (χ2n) is 3.51. The average molecular weight is 298 g/mol. The molecule has 2 rings (SSSR count). The van der Waals surface area contributed by atoms with Crippen molar-refractivity contribution in [1.29, 1.82) is 0 Å². The van der Waals surface area contributed by atoms with Crippen LogP contribution < -0.4 is 34.7 Å². The van der Waals surface area contributed by atoms with Crippen molar-refractivity contribution in [1.82, 2.24) is 0 Å². The number of carboxylic acid groups (broad SMARTS) is 1. The fourth-order valence-electron chi connectivity index (χ4n) is 1.37. The first-order valence-corrected chi connectivity index (χ1v) is 7.16. The molecule has 92 valence electrons. The first-order chi connectivity index (χ1) is 8.75. The van der Waals surface area contributed by atoms with Gasteiger partial charge in [-0.3, -0.25) is 0 Å². The van der Waals surface area contributed by atoms with E-state index in [9.17, 15) is 9.90 Å². The molecule has 19 heavy (non-hydrogen) atoms. The summed E-state index contributed by atoms with van der Waals surface area (Å²) in [6, 6.07) is 19.0. The van der Waals surface area contributed by atoms with E-state index >= 15 is 0 Å². The van der Waals surface area contributed by atoms with E-state index in [4.69, 9.17) is 0 Å². The van der Waals surface area contributed by atoms with Crippen molar-refractivity contribution in [3.8, 4) is 0 Å². The Bertz CT molecular complexity index is 464. The van der Waals surface area contributed by atoms with Gasteiger partial charge in [0.05, 0.1) is 10.6 Å². The first-order valence-electron chi connectivity index (χ1n) is 5.40. The SMILES string of the molecule is O=C([O-])C(Sc1ccccc1)Sc1ccccc1.[Na+]. The van der Waals surface area contributed by atoms with Crippen LogP contribution in [0.3, 0.4) is 0 Å². The fraction of sp³-hybridized carbons (Fsp3) is 0.0714. The molecule has 2 aromatic rings. The van der Waals surface area contributed by atoms with E-state index in [-0.39, 0.29) is 29.6 Å². The van der Waals surface area contributed by atoms with Crippen molar-refractivity contribution in [2.75, 3.05) is 0 Å². The summed E-state index contributed by atoms with van der Waals surface area (Å²) < 4.78 is -0.644. The van der Waals surface area contributed by atoms with Crippen LogP contribution in [0.5, 0.6) is 0 Å². The molecule has 0 aliphatic heterocycles. The van der Waals surface area contributed by atoms with Crippen LogP contribution in [0.15, 0.2) is 70.5 Å². The summed E-state index contributed by atoms with van der Waals surface area (Å²) in [6.45, 7) is 0. The molecular formula is C14H11NaO2S2. The van der Waals surface area contributed by atoms with E-state index in [1.165, 1.54) is 23.5 Å². The third-order valence-corrected chi connectivity index (χ3v) is 4.64. The maximum absolute atomic E-state index is 11.2. The summed E-state index contributed by atoms with van der Waals surface area (Å²) in [5.41, 5.74) is 0. The Morgan fingerprint density at radius 2 is 1.21 bits per heavy atom. The van der Waals surface area contributed by atoms with Crippen molar-refractivity contribution in [2.45, 2.75) is 14.4 Å². The zero-order chi connectivity index (χ0) is 12.8. The summed E-state index contributed by atoms with van der Waals surface area (Å²) in [5, 5.41) is 11.2. The summed E-state index contributed by atoms with van der Waals surface area (Å²) in [6.07, 6.45) is 0. The second-order valence-corrected chi connectivity index (χ2v) is 6.17. The van der Waals surface area contributed by atoms with E-state index in [0.717, 1.165) is 9.79 Å². The molecule has 2 nitrogen and oxygen atoms in total. The van der Waals surface area contributed by atoms with Crippen molar-refractivity contribution < 1.29 is 39.5 Å². The van der Waals surface area contributed by atoms with Crippen LogP contribution >= 0.6 is 23.5 Å². The second kappa shape index (κ2) is 8.72. The third kappa shape index (κ3) is 5.63. The van der Waals surface area contributed by atoms with Gasteiger partial charge in [0, 0.05) is 9.79 Å². The number of thioether (sulfide) groups is 2. The van der Waals surface area contributed by atoms with Crippen LogP contribution in [0.1, 0.15) is 0 Å². The summed E-state index contributed by atoms with van der Waals surface area (Å²) in [4.78, 5) is 13.0. The largest absolute Gasteiger partial charge is 1.00 e. The Morgan fingerprint density at radius 3 is 1.53 bits per heavy atom. The number of hydrogen-bond donors (Lipinski definition) is 0. The smallest absolute Gasteiger partial charge is 0.548 e. The number of carbonyl (C=O) groups excluding carboxylic acids is 1. The van der Waals surface area contributed by atoms with Crippen molar-refractivity contribution >= 4 is 29.5 Å². The molecule has 0 aliphatic rings. The van der Waals surface area contributed by atoms with Gasteiger partial charge in [-0.25, -0.2) is 0 Å². The monoisotopic (exact) mass is 298 g/mol. The van der Waals surface area contributed by atoms with Gasteiger partial charge in [0.2, 0.25) is 0 Å². The van der Waals surface area contributed by atoms with Gasteiger partial charge < -0.3 is 9.90 Å². The van der Waals surface area contributed by atoms with Gasteiger partial charge in [0.15, 0.2) is 0 Å². The summed E-state index contributed by atoms with van der Waals surface area (Å²) in [7, 11) is 0. The third-order valence-electron chi connectivity index (χ3n) is 2.17. The standard InChI is InChI=1S/C14H12O2S2.Na/c15-13(16)14(17-11-7-3-1-4-8-11)18-12-9-5-2-6-10-12;/h1-10,14H,(H,15,16);/q;+1/p-1. The fourth-order valence-corrected chi connectivity index (χ4v) is 3.54. The Labute approximate surface area is 143 Å². The minimum atomic E-state index is -1.06. The number of carbonyl (C=O) groups is 1. The zero-order valence-electron chi connectivity index (χ0n) is 10.5. The molecule has 0 aromatic heterocycles. The number of hydrogen-bond acceptors (Lipinski definition) is 4. The molecule has 0 spiro atoms. The molecule has 0 heterocycles. The predicted octanol–water partition coefficient (Wildman–Crippen LogP) is -0.349. The van der Waals surface area contributed by atoms with E-state index in [1.54, 1.807) is 0 Å². The molecule has 0 saturated heterocycles. The Kier molecular flexibility index (Phi) is 7.64. The van der Waals surface area contributed by atoms with Gasteiger partial charge in [0.1, 0.15) is 0 Å². The van der Waals surface area contributed by atoms with Gasteiger partial charge in [0.25, 0.3) is 0 Å². The van der Waals surface area contributed by atoms with Crippen LogP contribution in [0, 0.1) is 0 Å². The Hall–Kier alpha value is -0.390. The van der Waals surface area contributed by atoms with E-state index < -0.39 is 10.6 Å². The summed E-state index contributed by atoms with van der Waals surface area (Å²) >= 11 is 2.59. The van der Waals surface area contributed by atoms with Crippen LogP contribution in [-0.2, 0) is 4.79 Å². The van der Waals surface area contributed by atoms with Crippen molar-refractivity contribution in [3.63, 3.8) is 0 Å². The zero-order valence-corrected chi connectivity index (χ0v) is 14.1. The van der Waals surface area contributed by atoms with Crippen molar-refractivity contribution in [2.24, 2.45) is 0 Å². The molecular weight excluding hydrogens is 287 g/mol. The molecule has 0 N–H and O–H groups in total. The van der Waals surface area contributed by atoms with E-state index in [2.05, 4.69) is 0 Å². The number of benzene rings is 2. The molecule has 5 heteroatoms. The molecule has 0 saturated carbocycles. The molecule has 0 amide bonds. The van der Waals surface area contributed by atoms with Crippen LogP contribution in [0.25, 0.3) is 0 Å². The topological polar surface area (TPSA) is 40.1 Å². The molecule has 0 radical (unpaired) electrons. The molecule has 0 bridgehead atoms. The Morgan fingerprint density at radius 1 is 0.842 bits per heavy atom. The predicted molar refractivity (Wildman–Crippen MR) is 73.4 cm³/mol. The minimum Gasteiger partial charge on any atom is -0.548 e. The average Bonchev–Trinajstić information content (AvgIpc) is 2.40. The van der Waals surface area contributed by atoms with Gasteiger partial charge >= 0.3 is 29.6 Å². The van der Waals surface area contributed by atoms with E-state index in [0.29, 0.717) is 0 Å². The molecule has 0 unspecified atom stereocenters. The number of rotatable bonds is 5. The summed E-state index contributed by atoms with van der Waals surface area (Å²) in [5.74, 6) is -1.06. The first kappa shape index (κ1) is 16.7. The molecule has 0 fully saturated rings. The maximum atomic E-state index is 11.2. The maximum Gasteiger partial charge on any atom is 1.00 e. The number of carboxylic acids is 1. The van der Waals surface area contributed by atoms with Gasteiger partial charge in [-0.15, -0.1) is 23.5 Å². The normalized spacial score (nSPS) is 9.95. The molecule has 0 aliphatic carbocycles. The van der Waals surface area contributed by atoms with E-state index in [1.807, 2.05) is 60.7 Å². The minimum absolute atomic E-state index is 0. The molecule has 2 aromatic carbocycles. The van der Waals surface area contributed by atoms with Gasteiger partial charge in [-0.05, 0) is 24.3 Å². The van der Waals surface area contributed by atoms with Crippen molar-refractivity contribution in [3.05, 3.63) is 60.7 Å².